The quantitative estimate of drug-likeness (QED) is 0.591. The van der Waals surface area contributed by atoms with Crippen LogP contribution in [0.5, 0.6) is 0 Å². The van der Waals surface area contributed by atoms with Crippen molar-refractivity contribution in [2.24, 2.45) is 0 Å². The van der Waals surface area contributed by atoms with Crippen LogP contribution >= 0.6 is 0 Å². The number of fused-ring (bicyclic) bond motifs is 1. The lowest BCUT2D eigenvalue weighted by Gasteiger charge is -2.07. The van der Waals surface area contributed by atoms with E-state index in [1.807, 2.05) is 42.5 Å². The molecule has 0 aliphatic rings. The van der Waals surface area contributed by atoms with Crippen molar-refractivity contribution in [1.29, 1.82) is 0 Å². The molecule has 0 unspecified atom stereocenters. The lowest BCUT2D eigenvalue weighted by Crippen LogP contribution is -2.07. The number of hydrogen-bond donors (Lipinski definition) is 1. The summed E-state index contributed by atoms with van der Waals surface area (Å²) in [5.74, 6) is 0.0884. The van der Waals surface area contributed by atoms with Crippen LogP contribution in [0.1, 0.15) is 11.3 Å². The number of rotatable bonds is 3. The Balaban J connectivity index is 2.07. The van der Waals surface area contributed by atoms with Crippen molar-refractivity contribution in [2.75, 3.05) is 5.73 Å². The Morgan fingerprint density at radius 3 is 2.67 bits per heavy atom. The zero-order valence-corrected chi connectivity index (χ0v) is 11.5. The van der Waals surface area contributed by atoms with E-state index in [-0.39, 0.29) is 11.5 Å². The van der Waals surface area contributed by atoms with Gasteiger partial charge in [-0.25, -0.2) is 4.68 Å². The molecule has 21 heavy (non-hydrogen) atoms. The number of nitrogens with two attached hydrogens (primary N) is 1. The van der Waals surface area contributed by atoms with Crippen LogP contribution in [0, 0.1) is 17.0 Å². The van der Waals surface area contributed by atoms with Crippen molar-refractivity contribution in [1.82, 2.24) is 9.78 Å². The molecule has 0 aliphatic heterocycles. The molecule has 6 nitrogen and oxygen atoms in total. The van der Waals surface area contributed by atoms with Gasteiger partial charge in [-0.15, -0.1) is 0 Å². The molecule has 0 radical (unpaired) electrons. The van der Waals surface area contributed by atoms with Crippen LogP contribution in [0.15, 0.2) is 42.5 Å². The van der Waals surface area contributed by atoms with Crippen LogP contribution in [-0.4, -0.2) is 14.7 Å². The minimum absolute atomic E-state index is 0.0884. The Bertz CT molecular complexity index is 834. The molecular weight excluding hydrogens is 268 g/mol. The average molecular weight is 282 g/mol. The Labute approximate surface area is 121 Å². The maximum atomic E-state index is 11.0. The van der Waals surface area contributed by atoms with Crippen LogP contribution < -0.4 is 5.73 Å². The van der Waals surface area contributed by atoms with Gasteiger partial charge < -0.3 is 5.73 Å². The highest BCUT2D eigenvalue weighted by Crippen LogP contribution is 2.27. The number of nitrogen functional groups attached to an aromatic ring is 1. The molecule has 1 heterocycles. The first-order valence-electron chi connectivity index (χ1n) is 6.52. The van der Waals surface area contributed by atoms with Gasteiger partial charge >= 0.3 is 5.69 Å². The maximum Gasteiger partial charge on any atom is 0.333 e. The highest BCUT2D eigenvalue weighted by atomic mass is 16.6. The standard InChI is InChI=1S/C15H14N4O2/c1-10-14(19(20)21)15(16)18(17-10)9-12-7-4-6-11-5-2-3-8-13(11)12/h2-8H,9,16H2,1H3. The van der Waals surface area contributed by atoms with E-state index >= 15 is 0 Å². The molecule has 0 amide bonds. The summed E-state index contributed by atoms with van der Waals surface area (Å²) in [6.07, 6.45) is 0. The van der Waals surface area contributed by atoms with Crippen LogP contribution in [-0.2, 0) is 6.54 Å². The molecule has 0 spiro atoms. The van der Waals surface area contributed by atoms with Gasteiger partial charge in [0.05, 0.1) is 11.5 Å². The molecule has 0 aliphatic carbocycles. The molecule has 1 aromatic heterocycles. The number of nitrogens with zero attached hydrogens (tertiary/aromatic N) is 3. The van der Waals surface area contributed by atoms with Gasteiger partial charge in [0.2, 0.25) is 5.82 Å². The summed E-state index contributed by atoms with van der Waals surface area (Å²) in [6.45, 7) is 2.00. The third-order valence-corrected chi connectivity index (χ3v) is 3.52. The van der Waals surface area contributed by atoms with E-state index in [2.05, 4.69) is 5.10 Å². The first-order chi connectivity index (χ1) is 10.1. The summed E-state index contributed by atoms with van der Waals surface area (Å²) in [6, 6.07) is 13.9. The third kappa shape index (κ3) is 2.20. The Morgan fingerprint density at radius 1 is 1.24 bits per heavy atom. The zero-order chi connectivity index (χ0) is 15.0. The summed E-state index contributed by atoms with van der Waals surface area (Å²) in [7, 11) is 0. The lowest BCUT2D eigenvalue weighted by molar-refractivity contribution is -0.384. The molecule has 2 aromatic carbocycles. The van der Waals surface area contributed by atoms with Crippen LogP contribution in [0.2, 0.25) is 0 Å². The first kappa shape index (κ1) is 13.1. The summed E-state index contributed by atoms with van der Waals surface area (Å²) in [5, 5.41) is 17.4. The van der Waals surface area contributed by atoms with E-state index in [0.717, 1.165) is 16.3 Å². The fraction of sp³-hybridized carbons (Fsp3) is 0.133. The number of aryl methyl sites for hydroxylation is 1. The number of anilines is 1. The normalized spacial score (nSPS) is 10.9. The van der Waals surface area contributed by atoms with Gasteiger partial charge in [0.25, 0.3) is 0 Å². The predicted molar refractivity (Wildman–Crippen MR) is 81.1 cm³/mol. The molecule has 106 valence electrons. The lowest BCUT2D eigenvalue weighted by atomic mass is 10.0. The molecule has 3 aromatic rings. The topological polar surface area (TPSA) is 87.0 Å². The molecule has 0 fully saturated rings. The second-order valence-corrected chi connectivity index (χ2v) is 4.87. The molecule has 0 atom stereocenters. The zero-order valence-electron chi connectivity index (χ0n) is 11.5. The van der Waals surface area contributed by atoms with Crippen LogP contribution in [0.25, 0.3) is 10.8 Å². The van der Waals surface area contributed by atoms with Gasteiger partial charge in [0, 0.05) is 0 Å². The SMILES string of the molecule is Cc1nn(Cc2cccc3ccccc23)c(N)c1[N+](=O)[O-]. The average Bonchev–Trinajstić information content (AvgIpc) is 2.74. The summed E-state index contributed by atoms with van der Waals surface area (Å²) < 4.78 is 1.48. The second kappa shape index (κ2) is 4.90. The van der Waals surface area contributed by atoms with Crippen LogP contribution in [0.3, 0.4) is 0 Å². The maximum absolute atomic E-state index is 11.0. The molecule has 0 saturated heterocycles. The third-order valence-electron chi connectivity index (χ3n) is 3.52. The van der Waals surface area contributed by atoms with Crippen molar-refractivity contribution in [3.05, 3.63) is 63.8 Å². The van der Waals surface area contributed by atoms with Crippen LogP contribution in [0.4, 0.5) is 11.5 Å². The van der Waals surface area contributed by atoms with Crippen molar-refractivity contribution < 1.29 is 4.92 Å². The van der Waals surface area contributed by atoms with E-state index in [4.69, 9.17) is 5.73 Å². The van der Waals surface area contributed by atoms with Gasteiger partial charge in [-0.3, -0.25) is 10.1 Å². The number of benzene rings is 2. The molecule has 0 bridgehead atoms. The summed E-state index contributed by atoms with van der Waals surface area (Å²) in [5.41, 5.74) is 7.10. The molecule has 2 N–H and O–H groups in total. The highest BCUT2D eigenvalue weighted by Gasteiger charge is 2.23. The highest BCUT2D eigenvalue weighted by molar-refractivity contribution is 5.85. The van der Waals surface area contributed by atoms with Gasteiger partial charge in [-0.05, 0) is 23.3 Å². The predicted octanol–water partition coefficient (Wildman–Crippen LogP) is 2.88. The van der Waals surface area contributed by atoms with Gasteiger partial charge in [0.15, 0.2) is 0 Å². The molecular formula is C15H14N4O2. The fourth-order valence-corrected chi connectivity index (χ4v) is 2.53. The van der Waals surface area contributed by atoms with E-state index in [1.165, 1.54) is 4.68 Å². The minimum Gasteiger partial charge on any atom is -0.378 e. The van der Waals surface area contributed by atoms with E-state index in [0.29, 0.717) is 12.2 Å². The van der Waals surface area contributed by atoms with E-state index < -0.39 is 4.92 Å². The largest absolute Gasteiger partial charge is 0.378 e. The van der Waals surface area contributed by atoms with Crippen molar-refractivity contribution in [3.8, 4) is 0 Å². The summed E-state index contributed by atoms with van der Waals surface area (Å²) in [4.78, 5) is 10.5. The molecule has 3 rings (SSSR count). The Morgan fingerprint density at radius 2 is 1.95 bits per heavy atom. The second-order valence-electron chi connectivity index (χ2n) is 4.87. The Hall–Kier alpha value is -2.89. The van der Waals surface area contributed by atoms with Crippen molar-refractivity contribution in [2.45, 2.75) is 13.5 Å². The van der Waals surface area contributed by atoms with Gasteiger partial charge in [0.1, 0.15) is 5.69 Å². The van der Waals surface area contributed by atoms with Gasteiger partial charge in [-0.2, -0.15) is 5.10 Å². The molecule has 6 heteroatoms. The fourth-order valence-electron chi connectivity index (χ4n) is 2.53. The number of nitro groups is 1. The monoisotopic (exact) mass is 282 g/mol. The van der Waals surface area contributed by atoms with Crippen molar-refractivity contribution >= 4 is 22.3 Å². The first-order valence-corrected chi connectivity index (χ1v) is 6.52. The van der Waals surface area contributed by atoms with Crippen molar-refractivity contribution in [3.63, 3.8) is 0 Å². The smallest absolute Gasteiger partial charge is 0.333 e. The van der Waals surface area contributed by atoms with E-state index in [9.17, 15) is 10.1 Å². The van der Waals surface area contributed by atoms with Gasteiger partial charge in [-0.1, -0.05) is 42.5 Å². The number of aromatic nitrogens is 2. The Kier molecular flexibility index (Phi) is 3.06. The molecule has 0 saturated carbocycles. The van der Waals surface area contributed by atoms with E-state index in [1.54, 1.807) is 6.92 Å². The summed E-state index contributed by atoms with van der Waals surface area (Å²) >= 11 is 0. The number of hydrogen-bond acceptors (Lipinski definition) is 4. The minimum atomic E-state index is -0.489.